The van der Waals surface area contributed by atoms with E-state index in [0.717, 1.165) is 112 Å². The minimum atomic E-state index is -0.334. The van der Waals surface area contributed by atoms with Crippen molar-refractivity contribution in [1.82, 2.24) is 0 Å². The normalized spacial score (nSPS) is 22.9. The highest BCUT2D eigenvalue weighted by Crippen LogP contribution is 2.48. The lowest BCUT2D eigenvalue weighted by Gasteiger charge is -2.48. The van der Waals surface area contributed by atoms with Gasteiger partial charge in [-0.3, -0.25) is 4.79 Å². The maximum Gasteiger partial charge on any atom is 0.233 e. The number of β-lactam (4-membered cyclic amide) rings is 1. The molecule has 2 unspecified atom stereocenters. The van der Waals surface area contributed by atoms with E-state index in [-0.39, 0.29) is 54.2 Å². The summed E-state index contributed by atoms with van der Waals surface area (Å²) in [5.41, 5.74) is 4.04. The highest BCUT2D eigenvalue weighted by atomic mass is 19.1. The average molecular weight is 832 g/mol. The summed E-state index contributed by atoms with van der Waals surface area (Å²) in [4.78, 5) is 16.0. The Kier molecular flexibility index (Phi) is 20.8. The van der Waals surface area contributed by atoms with Crippen LogP contribution in [0.25, 0.3) is 0 Å². The van der Waals surface area contributed by atoms with Gasteiger partial charge in [0.05, 0.1) is 31.3 Å². The summed E-state index contributed by atoms with van der Waals surface area (Å²) >= 11 is 0. The summed E-state index contributed by atoms with van der Waals surface area (Å²) in [5.74, 6) is 0.478. The number of anilines is 1. The first kappa shape index (κ1) is 47.7. The van der Waals surface area contributed by atoms with Crippen LogP contribution in [0.1, 0.15) is 134 Å². The van der Waals surface area contributed by atoms with E-state index in [1.165, 1.54) is 12.1 Å². The van der Waals surface area contributed by atoms with E-state index in [1.807, 2.05) is 47.4 Å². The maximum absolute atomic E-state index is 14.0. The van der Waals surface area contributed by atoms with Gasteiger partial charge in [-0.1, -0.05) is 109 Å². The summed E-state index contributed by atoms with van der Waals surface area (Å²) in [6.07, 6.45) is 11.3. The number of carbonyl (C=O) groups excluding carboxylic acids is 1. The third-order valence-corrected chi connectivity index (χ3v) is 11.8. The lowest BCUT2D eigenvalue weighted by Crippen LogP contribution is -2.62. The molecule has 0 radical (unpaired) electrons. The van der Waals surface area contributed by atoms with E-state index < -0.39 is 0 Å². The van der Waals surface area contributed by atoms with Crippen molar-refractivity contribution in [1.29, 1.82) is 0 Å². The fraction of sp³-hybridized carbons (Fsp3) is 0.627. The van der Waals surface area contributed by atoms with Crippen LogP contribution in [0.15, 0.2) is 72.8 Å². The van der Waals surface area contributed by atoms with E-state index in [1.54, 1.807) is 0 Å². The van der Waals surface area contributed by atoms with Gasteiger partial charge in [0.15, 0.2) is 0 Å². The molecule has 0 spiro atoms. The zero-order valence-corrected chi connectivity index (χ0v) is 37.3. The van der Waals surface area contributed by atoms with Crippen molar-refractivity contribution >= 4 is 11.6 Å². The average Bonchev–Trinajstić information content (AvgIpc) is 3.26. The lowest BCUT2D eigenvalue weighted by atomic mass is 9.78. The van der Waals surface area contributed by atoms with Gasteiger partial charge in [0.1, 0.15) is 36.0 Å². The Morgan fingerprint density at radius 3 is 1.87 bits per heavy atom. The number of para-hydroxylation sites is 1. The summed E-state index contributed by atoms with van der Waals surface area (Å²) < 4.78 is 53.8. The van der Waals surface area contributed by atoms with Gasteiger partial charge in [0.25, 0.3) is 0 Å². The number of hydrogen-bond donors (Lipinski definition) is 0. The van der Waals surface area contributed by atoms with Crippen molar-refractivity contribution in [3.05, 3.63) is 95.3 Å². The van der Waals surface area contributed by atoms with Crippen LogP contribution in [0, 0.1) is 11.7 Å². The van der Waals surface area contributed by atoms with Crippen molar-refractivity contribution in [2.24, 2.45) is 5.92 Å². The number of hydrogen-bond acceptors (Lipinski definition) is 7. The Morgan fingerprint density at radius 1 is 0.633 bits per heavy atom. The van der Waals surface area contributed by atoms with Gasteiger partial charge >= 0.3 is 0 Å². The highest BCUT2D eigenvalue weighted by molar-refractivity contribution is 6.03. The van der Waals surface area contributed by atoms with E-state index in [2.05, 4.69) is 52.8 Å². The van der Waals surface area contributed by atoms with E-state index >= 15 is 0 Å². The van der Waals surface area contributed by atoms with Crippen LogP contribution in [0.2, 0.25) is 0 Å². The van der Waals surface area contributed by atoms with Crippen molar-refractivity contribution in [2.45, 2.75) is 161 Å². The number of benzene rings is 3. The summed E-state index contributed by atoms with van der Waals surface area (Å²) in [6.45, 7) is 14.5. The number of aryl methyl sites for hydroxylation is 1. The second kappa shape index (κ2) is 26.2. The number of ether oxygens (including phenoxy) is 6. The van der Waals surface area contributed by atoms with Crippen LogP contribution >= 0.6 is 0 Å². The molecule has 8 nitrogen and oxygen atoms in total. The predicted molar refractivity (Wildman–Crippen MR) is 238 cm³/mol. The van der Waals surface area contributed by atoms with Crippen molar-refractivity contribution in [3.8, 4) is 5.75 Å². The molecule has 3 aromatic rings. The zero-order chi connectivity index (χ0) is 42.5. The molecule has 0 bridgehead atoms. The molecule has 0 aromatic heterocycles. The Labute approximate surface area is 360 Å². The van der Waals surface area contributed by atoms with Gasteiger partial charge in [-0.05, 0) is 92.8 Å². The molecule has 2 saturated heterocycles. The molecule has 2 aliphatic heterocycles. The lowest BCUT2D eigenvalue weighted by molar-refractivity contribution is -0.265. The number of halogens is 1. The number of unbranched alkanes of at least 4 members (excludes halogenated alkanes) is 5. The number of rotatable bonds is 29. The first-order valence-electron chi connectivity index (χ1n) is 23.4. The van der Waals surface area contributed by atoms with Crippen molar-refractivity contribution in [3.63, 3.8) is 0 Å². The highest BCUT2D eigenvalue weighted by Gasteiger charge is 2.50. The molecule has 0 N–H and O–H groups in total. The largest absolute Gasteiger partial charge is 0.493 e. The van der Waals surface area contributed by atoms with E-state index in [9.17, 15) is 9.18 Å². The summed E-state index contributed by atoms with van der Waals surface area (Å²) in [6, 6.07) is 23.0. The number of carbonyl (C=O) groups is 1. The fourth-order valence-corrected chi connectivity index (χ4v) is 8.29. The second-order valence-electron chi connectivity index (χ2n) is 16.6. The van der Waals surface area contributed by atoms with Gasteiger partial charge in [-0.25, -0.2) is 4.39 Å². The van der Waals surface area contributed by atoms with Crippen LogP contribution in [0.4, 0.5) is 10.1 Å². The van der Waals surface area contributed by atoms with Gasteiger partial charge < -0.3 is 33.3 Å². The van der Waals surface area contributed by atoms with Crippen LogP contribution in [-0.4, -0.2) is 76.1 Å². The topological polar surface area (TPSA) is 75.7 Å². The smallest absolute Gasteiger partial charge is 0.233 e. The molecule has 2 aliphatic rings. The van der Waals surface area contributed by atoms with Crippen molar-refractivity contribution < 1.29 is 37.6 Å². The number of amides is 1. The van der Waals surface area contributed by atoms with Gasteiger partial charge in [-0.15, -0.1) is 0 Å². The van der Waals surface area contributed by atoms with E-state index in [4.69, 9.17) is 28.4 Å². The molecule has 0 saturated carbocycles. The molecule has 5 rings (SSSR count). The van der Waals surface area contributed by atoms with Crippen molar-refractivity contribution in [2.75, 3.05) is 44.5 Å². The van der Waals surface area contributed by atoms with Crippen LogP contribution in [0.3, 0.4) is 0 Å². The quantitative estimate of drug-likeness (QED) is 0.0509. The molecule has 332 valence electrons. The Morgan fingerprint density at radius 2 is 1.22 bits per heavy atom. The SMILES string of the molecule is CCCCOCC1O[C@@H](Cc2ccc([C@@H]3[C@@H](CCCc4ccc(F)cc4)C(=O)N3c3ccccc3)c(OCCCC)c2)[C@@H](OCCCC)C(OCCCC)[C@@H]1OCCCC. The third-order valence-electron chi connectivity index (χ3n) is 11.8. The second-order valence-corrected chi connectivity index (χ2v) is 16.6. The molecule has 1 amide bonds. The van der Waals surface area contributed by atoms with Crippen LogP contribution in [0.5, 0.6) is 5.75 Å². The molecule has 2 heterocycles. The molecule has 0 aliphatic carbocycles. The minimum Gasteiger partial charge on any atom is -0.493 e. The predicted octanol–water partition coefficient (Wildman–Crippen LogP) is 11.4. The van der Waals surface area contributed by atoms with Crippen LogP contribution in [-0.2, 0) is 41.3 Å². The molecule has 3 aromatic carbocycles. The number of nitrogens with zero attached hydrogens (tertiary/aromatic N) is 1. The molecular formula is C51H74FNO7. The monoisotopic (exact) mass is 832 g/mol. The summed E-state index contributed by atoms with van der Waals surface area (Å²) in [5, 5.41) is 0. The third kappa shape index (κ3) is 13.6. The first-order valence-corrected chi connectivity index (χ1v) is 23.4. The van der Waals surface area contributed by atoms with E-state index in [0.29, 0.717) is 46.1 Å². The Hall–Kier alpha value is -3.34. The maximum atomic E-state index is 14.0. The van der Waals surface area contributed by atoms with Crippen LogP contribution < -0.4 is 9.64 Å². The molecule has 60 heavy (non-hydrogen) atoms. The van der Waals surface area contributed by atoms with Gasteiger partial charge in [-0.2, -0.15) is 0 Å². The fourth-order valence-electron chi connectivity index (χ4n) is 8.29. The van der Waals surface area contributed by atoms with Gasteiger partial charge in [0, 0.05) is 44.1 Å². The standard InChI is InChI=1S/C51H74FNO7/c1-6-11-30-55-37-46-49(58-33-14-9-4)50(59-34-15-10-5)48(57-32-13-8-3)45(60-46)36-39-26-29-42(44(35-39)56-31-12-7-2)47-43(23-19-20-38-24-27-40(52)28-25-38)51(54)53(47)41-21-17-16-18-22-41/h16-18,21-22,24-29,35,43,45-50H,6-15,19-20,23,30-34,36-37H2,1-5H3/t43-,45+,46?,47-,48-,49-,50?/m1/s1. The zero-order valence-electron chi connectivity index (χ0n) is 37.3. The summed E-state index contributed by atoms with van der Waals surface area (Å²) in [7, 11) is 0. The molecule has 2 fully saturated rings. The minimum absolute atomic E-state index is 0.119. The first-order chi connectivity index (χ1) is 29.4. The Balaban J connectivity index is 1.47. The Bertz CT molecular complexity index is 1640. The molecule has 9 heteroatoms. The molecule has 7 atom stereocenters. The molecular weight excluding hydrogens is 758 g/mol. The van der Waals surface area contributed by atoms with Gasteiger partial charge in [0.2, 0.25) is 5.91 Å².